The fourth-order valence-corrected chi connectivity index (χ4v) is 1.79. The molecular weight excluding hydrogens is 328 g/mol. The lowest BCUT2D eigenvalue weighted by atomic mass is 10.1. The van der Waals surface area contributed by atoms with Crippen molar-refractivity contribution in [1.82, 2.24) is 0 Å². The van der Waals surface area contributed by atoms with Gasteiger partial charge in [-0.2, -0.15) is 0 Å². The lowest BCUT2D eigenvalue weighted by Crippen LogP contribution is -2.15. The third-order valence-corrected chi connectivity index (χ3v) is 2.57. The van der Waals surface area contributed by atoms with E-state index in [4.69, 9.17) is 0 Å². The van der Waals surface area contributed by atoms with E-state index in [0.29, 0.717) is 0 Å². The Bertz CT molecular complexity index is 772. The molecule has 0 amide bonds. The molecule has 23 heavy (non-hydrogen) atoms. The average Bonchev–Trinajstić information content (AvgIpc) is 2.37. The molecule has 1 aromatic rings. The molecule has 0 fully saturated rings. The minimum absolute atomic E-state index is 0.744. The highest BCUT2D eigenvalue weighted by Crippen LogP contribution is 2.50. The molecule has 0 radical (unpaired) electrons. The number of benzene rings is 1. The van der Waals surface area contributed by atoms with Crippen LogP contribution in [0.15, 0.2) is 0 Å². The Balaban J connectivity index is 4.20. The molecule has 0 aliphatic rings. The Kier molecular flexibility index (Phi) is 4.30. The SMILES string of the molecule is Cc1c(N[N+](=O)[O-])c([N+](=O)[O-])c([N+](=O)[O-])c([N+](=O)[O-])c1[N+](=O)[O-]. The molecule has 0 atom stereocenters. The summed E-state index contributed by atoms with van der Waals surface area (Å²) in [4.78, 5) is 48.3. The quantitative estimate of drug-likeness (QED) is 0.574. The van der Waals surface area contributed by atoms with Crippen molar-refractivity contribution in [2.75, 3.05) is 5.43 Å². The topological polar surface area (TPSA) is 228 Å². The van der Waals surface area contributed by atoms with Gasteiger partial charge >= 0.3 is 22.7 Å². The van der Waals surface area contributed by atoms with Gasteiger partial charge in [0.1, 0.15) is 0 Å². The van der Waals surface area contributed by atoms with Crippen LogP contribution in [0.3, 0.4) is 0 Å². The first kappa shape index (κ1) is 17.1. The number of hydrogen-bond acceptors (Lipinski definition) is 10. The predicted octanol–water partition coefficient (Wildman–Crippen LogP) is 1.23. The Morgan fingerprint density at radius 3 is 1.30 bits per heavy atom. The monoisotopic (exact) mass is 332 g/mol. The van der Waals surface area contributed by atoms with Crippen molar-refractivity contribution in [2.45, 2.75) is 6.92 Å². The normalized spacial score (nSPS) is 9.96. The summed E-state index contributed by atoms with van der Waals surface area (Å²) >= 11 is 0. The number of nitro benzene ring substituents is 4. The molecule has 0 bridgehead atoms. The molecule has 0 aliphatic carbocycles. The summed E-state index contributed by atoms with van der Waals surface area (Å²) in [6.07, 6.45) is 0. The van der Waals surface area contributed by atoms with Gasteiger partial charge in [0.05, 0.1) is 25.3 Å². The predicted molar refractivity (Wildman–Crippen MR) is 68.4 cm³/mol. The van der Waals surface area contributed by atoms with E-state index in [9.17, 15) is 50.6 Å². The van der Waals surface area contributed by atoms with Crippen molar-refractivity contribution in [2.24, 2.45) is 0 Å². The van der Waals surface area contributed by atoms with E-state index in [1.165, 1.54) is 5.43 Å². The van der Waals surface area contributed by atoms with Crippen molar-refractivity contribution in [1.29, 1.82) is 0 Å². The second-order valence-corrected chi connectivity index (χ2v) is 3.79. The van der Waals surface area contributed by atoms with Gasteiger partial charge in [0.25, 0.3) is 0 Å². The molecule has 0 aromatic heterocycles. The fraction of sp³-hybridized carbons (Fsp3) is 0.143. The van der Waals surface area contributed by atoms with Crippen LogP contribution in [-0.2, 0) is 0 Å². The van der Waals surface area contributed by atoms with E-state index < -0.39 is 58.7 Å². The summed E-state index contributed by atoms with van der Waals surface area (Å²) in [6.45, 7) is 0.744. The third-order valence-electron chi connectivity index (χ3n) is 2.57. The summed E-state index contributed by atoms with van der Waals surface area (Å²) < 4.78 is 0. The second-order valence-electron chi connectivity index (χ2n) is 3.79. The van der Waals surface area contributed by atoms with Crippen LogP contribution in [0.4, 0.5) is 28.4 Å². The minimum atomic E-state index is -1.83. The molecule has 0 saturated heterocycles. The van der Waals surface area contributed by atoms with E-state index in [1.54, 1.807) is 0 Å². The highest BCUT2D eigenvalue weighted by molar-refractivity contribution is 5.88. The van der Waals surface area contributed by atoms with Crippen molar-refractivity contribution in [3.05, 3.63) is 56.1 Å². The van der Waals surface area contributed by atoms with Gasteiger partial charge < -0.3 is 0 Å². The number of anilines is 1. The van der Waals surface area contributed by atoms with Crippen LogP contribution >= 0.6 is 0 Å². The highest BCUT2D eigenvalue weighted by Gasteiger charge is 2.49. The zero-order chi connectivity index (χ0) is 18.1. The maximum absolute atomic E-state index is 11.0. The van der Waals surface area contributed by atoms with Crippen LogP contribution in [0.25, 0.3) is 0 Å². The Labute approximate surface area is 123 Å². The lowest BCUT2D eigenvalue weighted by Gasteiger charge is -2.06. The number of nitrogens with zero attached hydrogens (tertiary/aromatic N) is 5. The van der Waals surface area contributed by atoms with Crippen LogP contribution in [0.1, 0.15) is 5.56 Å². The van der Waals surface area contributed by atoms with Gasteiger partial charge in [0, 0.05) is 0 Å². The minimum Gasteiger partial charge on any atom is -0.258 e. The van der Waals surface area contributed by atoms with E-state index in [2.05, 4.69) is 0 Å². The Hall–Kier alpha value is -3.98. The molecule has 1 aromatic carbocycles. The van der Waals surface area contributed by atoms with Gasteiger partial charge in [0.15, 0.2) is 10.7 Å². The van der Waals surface area contributed by atoms with Gasteiger partial charge in [-0.15, -0.1) is 5.43 Å². The molecule has 122 valence electrons. The standard InChI is InChI=1S/C7H4N6O10/c1-2-3(8-13(22)23)5(10(16)17)7(12(20)21)6(11(18)19)4(2)9(14)15/h8H,1H3. The number of nitro groups is 5. The Morgan fingerprint density at radius 1 is 0.652 bits per heavy atom. The second kappa shape index (κ2) is 5.79. The zero-order valence-electron chi connectivity index (χ0n) is 10.8. The summed E-state index contributed by atoms with van der Waals surface area (Å²) in [5, 5.41) is 52.9. The lowest BCUT2D eigenvalue weighted by molar-refractivity contribution is -0.457. The Morgan fingerprint density at radius 2 is 1.00 bits per heavy atom. The van der Waals surface area contributed by atoms with Crippen molar-refractivity contribution < 1.29 is 24.7 Å². The van der Waals surface area contributed by atoms with Gasteiger partial charge in [-0.1, -0.05) is 0 Å². The molecule has 1 rings (SSSR count). The average molecular weight is 332 g/mol. The first-order chi connectivity index (χ1) is 10.5. The van der Waals surface area contributed by atoms with E-state index >= 15 is 0 Å². The van der Waals surface area contributed by atoms with Crippen molar-refractivity contribution in [3.8, 4) is 0 Å². The fourth-order valence-electron chi connectivity index (χ4n) is 1.79. The van der Waals surface area contributed by atoms with Gasteiger partial charge in [-0.05, 0) is 6.92 Å². The summed E-state index contributed by atoms with van der Waals surface area (Å²) in [5.41, 5.74) is -7.48. The van der Waals surface area contributed by atoms with Crippen molar-refractivity contribution >= 4 is 28.4 Å². The van der Waals surface area contributed by atoms with Gasteiger partial charge in [0.2, 0.25) is 0 Å². The van der Waals surface area contributed by atoms with E-state index in [-0.39, 0.29) is 0 Å². The molecule has 16 heteroatoms. The van der Waals surface area contributed by atoms with Crippen molar-refractivity contribution in [3.63, 3.8) is 0 Å². The number of hydrogen-bond donors (Lipinski definition) is 1. The smallest absolute Gasteiger partial charge is 0.258 e. The van der Waals surface area contributed by atoms with Crippen LogP contribution in [0.2, 0.25) is 0 Å². The summed E-state index contributed by atoms with van der Waals surface area (Å²) in [5.74, 6) is 0. The van der Waals surface area contributed by atoms with Crippen LogP contribution in [0, 0.1) is 57.5 Å². The molecule has 16 nitrogen and oxygen atoms in total. The highest BCUT2D eigenvalue weighted by atomic mass is 16.7. The molecule has 0 aliphatic heterocycles. The van der Waals surface area contributed by atoms with Crippen LogP contribution in [0.5, 0.6) is 0 Å². The molecule has 0 saturated carbocycles. The van der Waals surface area contributed by atoms with Gasteiger partial charge in [-0.25, -0.2) is 10.1 Å². The maximum atomic E-state index is 11.0. The first-order valence-corrected chi connectivity index (χ1v) is 5.19. The molecule has 0 spiro atoms. The first-order valence-electron chi connectivity index (χ1n) is 5.19. The van der Waals surface area contributed by atoms with Crippen LogP contribution in [-0.4, -0.2) is 24.7 Å². The molecular formula is C7H4N6O10. The molecule has 0 heterocycles. The maximum Gasteiger partial charge on any atom is 0.432 e. The van der Waals surface area contributed by atoms with E-state index in [1.807, 2.05) is 0 Å². The zero-order valence-corrected chi connectivity index (χ0v) is 10.8. The molecule has 1 N–H and O–H groups in total. The van der Waals surface area contributed by atoms with E-state index in [0.717, 1.165) is 6.92 Å². The third kappa shape index (κ3) is 2.89. The van der Waals surface area contributed by atoms with Gasteiger partial charge in [-0.3, -0.25) is 40.5 Å². The number of nitrogens with one attached hydrogen (secondary N) is 1. The summed E-state index contributed by atoms with van der Waals surface area (Å²) in [6, 6.07) is 0. The summed E-state index contributed by atoms with van der Waals surface area (Å²) in [7, 11) is 0. The number of rotatable bonds is 6. The number of hydrazine groups is 1. The molecule has 0 unspecified atom stereocenters. The largest absolute Gasteiger partial charge is 0.432 e. The van der Waals surface area contributed by atoms with Crippen LogP contribution < -0.4 is 5.43 Å².